The maximum absolute atomic E-state index is 11.9. The Bertz CT molecular complexity index is 387. The third-order valence-corrected chi connectivity index (χ3v) is 5.60. The van der Waals surface area contributed by atoms with Crippen LogP contribution in [0.3, 0.4) is 0 Å². The highest BCUT2D eigenvalue weighted by molar-refractivity contribution is 5.76. The molecule has 116 valence electrons. The Labute approximate surface area is 123 Å². The average molecular weight is 294 g/mol. The number of rotatable bonds is 6. The molecule has 4 heterocycles. The Morgan fingerprint density at radius 2 is 1.33 bits per heavy atom. The summed E-state index contributed by atoms with van der Waals surface area (Å²) in [6, 6.07) is 0.670. The largest absolute Gasteiger partial charge is 0.465 e. The van der Waals surface area contributed by atoms with E-state index >= 15 is 0 Å². The summed E-state index contributed by atoms with van der Waals surface area (Å²) in [6.45, 7) is 2.58. The fourth-order valence-electron chi connectivity index (χ4n) is 4.26. The molecule has 6 atom stereocenters. The second-order valence-corrected chi connectivity index (χ2v) is 6.76. The summed E-state index contributed by atoms with van der Waals surface area (Å²) in [5, 5.41) is 6.61. The molecule has 2 aliphatic carbocycles. The summed E-state index contributed by atoms with van der Waals surface area (Å²) in [5.41, 5.74) is 0. The minimum absolute atomic E-state index is 0.0595. The maximum Gasteiger partial charge on any atom is 0.310 e. The molecule has 2 saturated carbocycles. The number of nitrogens with one attached hydrogen (secondary N) is 2. The minimum Gasteiger partial charge on any atom is -0.465 e. The standard InChI is InChI=1S/C15H22N2O4/c18-14(12-8-4-10(12)16-6-8)20-2-1-3-21-15(19)13-9-5-11(13)17-7-9/h8-13,16-17H,1-7H2. The number of hydrogen-bond donors (Lipinski definition) is 2. The lowest BCUT2D eigenvalue weighted by Gasteiger charge is -2.32. The molecule has 0 aromatic rings. The summed E-state index contributed by atoms with van der Waals surface area (Å²) in [7, 11) is 0. The Morgan fingerprint density at radius 1 is 0.857 bits per heavy atom. The van der Waals surface area contributed by atoms with Gasteiger partial charge in [0.15, 0.2) is 0 Å². The van der Waals surface area contributed by atoms with Crippen molar-refractivity contribution in [3.05, 3.63) is 0 Å². The van der Waals surface area contributed by atoms with E-state index in [1.54, 1.807) is 0 Å². The van der Waals surface area contributed by atoms with Gasteiger partial charge >= 0.3 is 11.9 Å². The normalized spacial score (nSPS) is 42.1. The lowest BCUT2D eigenvalue weighted by atomic mass is 9.74. The van der Waals surface area contributed by atoms with Gasteiger partial charge in [0.05, 0.1) is 25.0 Å². The zero-order chi connectivity index (χ0) is 14.4. The first-order valence-corrected chi connectivity index (χ1v) is 8.04. The van der Waals surface area contributed by atoms with Crippen molar-refractivity contribution in [1.29, 1.82) is 0 Å². The highest BCUT2D eigenvalue weighted by Crippen LogP contribution is 2.41. The predicted molar refractivity (Wildman–Crippen MR) is 73.3 cm³/mol. The molecule has 0 aromatic heterocycles. The van der Waals surface area contributed by atoms with Gasteiger partial charge in [0.1, 0.15) is 0 Å². The van der Waals surface area contributed by atoms with Crippen LogP contribution in [0.2, 0.25) is 0 Å². The fourth-order valence-corrected chi connectivity index (χ4v) is 4.26. The van der Waals surface area contributed by atoms with E-state index in [4.69, 9.17) is 9.47 Å². The van der Waals surface area contributed by atoms with Crippen LogP contribution in [0, 0.1) is 23.7 Å². The number of hydrogen-bond acceptors (Lipinski definition) is 6. The molecule has 0 aromatic carbocycles. The molecular weight excluding hydrogens is 272 g/mol. The average Bonchev–Trinajstić information content (AvgIpc) is 3.16. The molecule has 4 aliphatic heterocycles. The summed E-state index contributed by atoms with van der Waals surface area (Å²) < 4.78 is 10.6. The van der Waals surface area contributed by atoms with Gasteiger partial charge in [-0.25, -0.2) is 0 Å². The molecule has 0 amide bonds. The van der Waals surface area contributed by atoms with Crippen molar-refractivity contribution in [2.45, 2.75) is 31.3 Å². The zero-order valence-electron chi connectivity index (χ0n) is 12.0. The lowest BCUT2D eigenvalue weighted by Crippen LogP contribution is -2.43. The molecule has 0 spiro atoms. The summed E-state index contributed by atoms with van der Waals surface area (Å²) >= 11 is 0. The van der Waals surface area contributed by atoms with Gasteiger partial charge in [0.2, 0.25) is 0 Å². The van der Waals surface area contributed by atoms with Crippen LogP contribution in [0.4, 0.5) is 0 Å². The topological polar surface area (TPSA) is 76.7 Å². The molecule has 6 heteroatoms. The monoisotopic (exact) mass is 294 g/mol. The second kappa shape index (κ2) is 5.25. The van der Waals surface area contributed by atoms with Crippen molar-refractivity contribution >= 4 is 11.9 Å². The number of esters is 2. The van der Waals surface area contributed by atoms with Crippen LogP contribution in [0.5, 0.6) is 0 Å². The number of ether oxygens (including phenoxy) is 2. The van der Waals surface area contributed by atoms with E-state index in [9.17, 15) is 9.59 Å². The van der Waals surface area contributed by atoms with Crippen molar-refractivity contribution in [2.75, 3.05) is 26.3 Å². The smallest absolute Gasteiger partial charge is 0.310 e. The molecule has 6 fully saturated rings. The van der Waals surface area contributed by atoms with Crippen LogP contribution in [0.1, 0.15) is 19.3 Å². The first-order valence-electron chi connectivity index (χ1n) is 8.04. The minimum atomic E-state index is -0.0891. The van der Waals surface area contributed by atoms with Gasteiger partial charge in [-0.2, -0.15) is 0 Å². The Morgan fingerprint density at radius 3 is 1.67 bits per heavy atom. The van der Waals surface area contributed by atoms with E-state index in [2.05, 4.69) is 10.6 Å². The van der Waals surface area contributed by atoms with E-state index in [-0.39, 0.29) is 23.8 Å². The van der Waals surface area contributed by atoms with Crippen LogP contribution in [0.25, 0.3) is 0 Å². The first-order chi connectivity index (χ1) is 10.2. The van der Waals surface area contributed by atoms with Gasteiger partial charge in [-0.1, -0.05) is 0 Å². The van der Waals surface area contributed by atoms with Crippen LogP contribution in [0.15, 0.2) is 0 Å². The molecule has 4 bridgehead atoms. The second-order valence-electron chi connectivity index (χ2n) is 6.76. The molecule has 6 rings (SSSR count). The van der Waals surface area contributed by atoms with Crippen LogP contribution in [-0.4, -0.2) is 50.3 Å². The number of carbonyl (C=O) groups excluding carboxylic acids is 2. The lowest BCUT2D eigenvalue weighted by molar-refractivity contribution is -0.156. The predicted octanol–water partition coefficient (Wildman–Crippen LogP) is -0.321. The van der Waals surface area contributed by atoms with Crippen molar-refractivity contribution < 1.29 is 19.1 Å². The van der Waals surface area contributed by atoms with Crippen molar-refractivity contribution in [3.8, 4) is 0 Å². The van der Waals surface area contributed by atoms with Crippen molar-refractivity contribution in [1.82, 2.24) is 10.6 Å². The van der Waals surface area contributed by atoms with E-state index < -0.39 is 0 Å². The Kier molecular flexibility index (Phi) is 3.38. The molecule has 6 nitrogen and oxygen atoms in total. The van der Waals surface area contributed by atoms with Gasteiger partial charge < -0.3 is 20.1 Å². The summed E-state index contributed by atoms with van der Waals surface area (Å²) in [4.78, 5) is 23.7. The van der Waals surface area contributed by atoms with Crippen molar-refractivity contribution in [2.24, 2.45) is 23.7 Å². The number of carbonyl (C=O) groups is 2. The molecular formula is C15H22N2O4. The van der Waals surface area contributed by atoms with Gasteiger partial charge in [-0.05, 0) is 37.8 Å². The van der Waals surface area contributed by atoms with Crippen LogP contribution >= 0.6 is 0 Å². The molecule has 21 heavy (non-hydrogen) atoms. The van der Waals surface area contributed by atoms with Gasteiger partial charge in [0, 0.05) is 18.5 Å². The number of fused-ring (bicyclic) bond motifs is 2. The molecule has 2 N–H and O–H groups in total. The third kappa shape index (κ3) is 2.25. The van der Waals surface area contributed by atoms with E-state index in [0.29, 0.717) is 43.6 Å². The van der Waals surface area contributed by atoms with E-state index in [1.165, 1.54) is 0 Å². The van der Waals surface area contributed by atoms with Gasteiger partial charge in [-0.3, -0.25) is 9.59 Å². The highest BCUT2D eigenvalue weighted by Gasteiger charge is 2.52. The Hall–Kier alpha value is -1.14. The Balaban J connectivity index is 1.10. The quantitative estimate of drug-likeness (QED) is 0.516. The van der Waals surface area contributed by atoms with Crippen LogP contribution < -0.4 is 10.6 Å². The van der Waals surface area contributed by atoms with Gasteiger partial charge in [-0.15, -0.1) is 0 Å². The highest BCUT2D eigenvalue weighted by atomic mass is 16.5. The van der Waals surface area contributed by atoms with Crippen LogP contribution in [-0.2, 0) is 19.1 Å². The zero-order valence-corrected chi connectivity index (χ0v) is 12.0. The molecule has 6 aliphatic rings. The van der Waals surface area contributed by atoms with Gasteiger partial charge in [0.25, 0.3) is 0 Å². The maximum atomic E-state index is 11.9. The SMILES string of the molecule is O=C(OCCCOC(=O)C1C2CNC1C2)C1C2CNC1C2. The summed E-state index contributed by atoms with van der Waals surface area (Å²) in [6.07, 6.45) is 2.80. The van der Waals surface area contributed by atoms with E-state index in [0.717, 1.165) is 25.9 Å². The molecule has 6 unspecified atom stereocenters. The third-order valence-electron chi connectivity index (χ3n) is 5.60. The first kappa shape index (κ1) is 13.5. The summed E-state index contributed by atoms with van der Waals surface area (Å²) in [5.74, 6) is 0.889. The molecule has 0 radical (unpaired) electrons. The fraction of sp³-hybridized carbons (Fsp3) is 0.867. The molecule has 4 saturated heterocycles. The van der Waals surface area contributed by atoms with E-state index in [1.807, 2.05) is 0 Å². The van der Waals surface area contributed by atoms with Crippen molar-refractivity contribution in [3.63, 3.8) is 0 Å².